The van der Waals surface area contributed by atoms with Crippen LogP contribution in [0.2, 0.25) is 0 Å². The van der Waals surface area contributed by atoms with Crippen molar-refractivity contribution in [1.29, 1.82) is 0 Å². The average molecular weight is 788 g/mol. The number of benzene rings is 8. The van der Waals surface area contributed by atoms with E-state index in [1.165, 1.54) is 66.9 Å². The van der Waals surface area contributed by atoms with Crippen molar-refractivity contribution in [2.24, 2.45) is 5.92 Å². The van der Waals surface area contributed by atoms with Gasteiger partial charge >= 0.3 is 0 Å². The Labute approximate surface area is 358 Å². The first-order valence-corrected chi connectivity index (χ1v) is 21.4. The monoisotopic (exact) mass is 787 g/mol. The van der Waals surface area contributed by atoms with Gasteiger partial charge < -0.3 is 14.4 Å². The van der Waals surface area contributed by atoms with E-state index in [9.17, 15) is 0 Å². The molecule has 3 atom stereocenters. The molecule has 0 N–H and O–H groups in total. The molecule has 1 heterocycles. The van der Waals surface area contributed by atoms with Crippen molar-refractivity contribution in [2.75, 3.05) is 11.5 Å². The highest BCUT2D eigenvalue weighted by Crippen LogP contribution is 2.57. The Morgan fingerprint density at radius 2 is 1.05 bits per heavy atom. The Balaban J connectivity index is 1.01. The number of anilines is 2. The second-order valence-corrected chi connectivity index (χ2v) is 16.4. The van der Waals surface area contributed by atoms with Crippen LogP contribution in [0, 0.1) is 5.92 Å². The molecule has 1 fully saturated rings. The topological polar surface area (TPSA) is 21.7 Å². The first-order valence-electron chi connectivity index (χ1n) is 21.4. The lowest BCUT2D eigenvalue weighted by Crippen LogP contribution is -2.23. The molecule has 2 aliphatic carbocycles. The molecular formula is C58H45NO2. The van der Waals surface area contributed by atoms with Gasteiger partial charge in [-0.3, -0.25) is 0 Å². The summed E-state index contributed by atoms with van der Waals surface area (Å²) in [5.74, 6) is 1.71. The Bertz CT molecular complexity index is 2950. The van der Waals surface area contributed by atoms with E-state index in [4.69, 9.17) is 9.47 Å². The predicted molar refractivity (Wildman–Crippen MR) is 250 cm³/mol. The summed E-state index contributed by atoms with van der Waals surface area (Å²) in [5, 5.41) is 0. The maximum absolute atomic E-state index is 7.19. The van der Waals surface area contributed by atoms with Crippen LogP contribution >= 0.6 is 0 Å². The van der Waals surface area contributed by atoms with Crippen LogP contribution in [0.1, 0.15) is 30.0 Å². The van der Waals surface area contributed by atoms with Crippen LogP contribution in [0.4, 0.5) is 11.4 Å². The van der Waals surface area contributed by atoms with Crippen molar-refractivity contribution in [3.8, 4) is 56.0 Å². The van der Waals surface area contributed by atoms with Crippen molar-refractivity contribution in [3.05, 3.63) is 241 Å². The number of fused-ring (bicyclic) bond motifs is 5. The van der Waals surface area contributed by atoms with Crippen LogP contribution in [0.5, 0.6) is 11.5 Å². The highest BCUT2D eigenvalue weighted by Gasteiger charge is 2.47. The summed E-state index contributed by atoms with van der Waals surface area (Å²) in [4.78, 5) is 2.45. The Hall–Kier alpha value is -7.36. The fraction of sp³-hybridized carbons (Fsp3) is 0.103. The van der Waals surface area contributed by atoms with Crippen LogP contribution in [0.15, 0.2) is 224 Å². The van der Waals surface area contributed by atoms with Gasteiger partial charge in [-0.25, -0.2) is 0 Å². The van der Waals surface area contributed by atoms with Crippen molar-refractivity contribution in [3.63, 3.8) is 0 Å². The SMILES string of the molecule is CC1(c2ccccc2-c2ccccc2)c2ccccc2-c2cc3c(cc21)O[C@@H]1CC1/C(N(c1ccccc1)c1ccccc1-c1ccccc1-c1ccccc1)=C\C=C/CO3. The summed E-state index contributed by atoms with van der Waals surface area (Å²) in [6, 6.07) is 72.0. The third-order valence-electron chi connectivity index (χ3n) is 12.8. The van der Waals surface area contributed by atoms with Gasteiger partial charge in [0.05, 0.1) is 5.69 Å². The van der Waals surface area contributed by atoms with E-state index in [1.807, 2.05) is 0 Å². The first-order chi connectivity index (χ1) is 30.2. The van der Waals surface area contributed by atoms with Gasteiger partial charge in [-0.15, -0.1) is 0 Å². The molecule has 8 aromatic rings. The molecule has 0 spiro atoms. The van der Waals surface area contributed by atoms with E-state index in [1.54, 1.807) is 0 Å². The lowest BCUT2D eigenvalue weighted by atomic mass is 9.71. The third-order valence-corrected chi connectivity index (χ3v) is 12.8. The Morgan fingerprint density at radius 1 is 0.492 bits per heavy atom. The van der Waals surface area contributed by atoms with E-state index in [0.29, 0.717) is 6.61 Å². The molecule has 3 nitrogen and oxygen atoms in total. The fourth-order valence-corrected chi connectivity index (χ4v) is 9.77. The normalized spacial score (nSPS) is 19.9. The van der Waals surface area contributed by atoms with Gasteiger partial charge in [0.15, 0.2) is 11.5 Å². The zero-order chi connectivity index (χ0) is 40.8. The van der Waals surface area contributed by atoms with E-state index >= 15 is 0 Å². The summed E-state index contributed by atoms with van der Waals surface area (Å²) >= 11 is 0. The molecule has 3 heteroatoms. The summed E-state index contributed by atoms with van der Waals surface area (Å²) < 4.78 is 13.8. The van der Waals surface area contributed by atoms with E-state index in [-0.39, 0.29) is 12.0 Å². The van der Waals surface area contributed by atoms with Gasteiger partial charge in [-0.05, 0) is 111 Å². The minimum absolute atomic E-state index is 0.0419. The molecule has 0 radical (unpaired) electrons. The lowest BCUT2D eigenvalue weighted by molar-refractivity contribution is 0.264. The number of para-hydroxylation sites is 2. The van der Waals surface area contributed by atoms with E-state index in [2.05, 4.69) is 230 Å². The molecule has 0 bridgehead atoms. The smallest absolute Gasteiger partial charge is 0.162 e. The first kappa shape index (κ1) is 36.7. The predicted octanol–water partition coefficient (Wildman–Crippen LogP) is 14.5. The molecule has 0 saturated heterocycles. The standard InChI is InChI=1S/C58H45NO2/c1-58(50-32-16-13-28-44(50)41-23-7-3-8-24-41)51-33-17-14-30-46(51)48-37-56-57(39-52(48)58)61-55-38-49(55)54(35-19-20-36-60-56)59(42-25-9-4-10-26-42)53-34-18-15-31-47(53)45-29-12-11-27-43(45)40-21-5-2-6-22-40/h2-35,37,39,49,55H,36,38H2,1H3/b20-19-,54-35+/t49?,55-,58?/m1/s1. The summed E-state index contributed by atoms with van der Waals surface area (Å²) in [7, 11) is 0. The second-order valence-electron chi connectivity index (χ2n) is 16.4. The molecule has 1 aliphatic heterocycles. The Morgan fingerprint density at radius 3 is 1.77 bits per heavy atom. The highest BCUT2D eigenvalue weighted by molar-refractivity contribution is 5.92. The number of ether oxygens (including phenoxy) is 2. The largest absolute Gasteiger partial charge is 0.486 e. The van der Waals surface area contributed by atoms with Gasteiger partial charge in [0.1, 0.15) is 12.7 Å². The van der Waals surface area contributed by atoms with Gasteiger partial charge in [0, 0.05) is 28.3 Å². The van der Waals surface area contributed by atoms with Crippen molar-refractivity contribution < 1.29 is 9.47 Å². The Kier molecular flexibility index (Phi) is 9.23. The van der Waals surface area contributed by atoms with Gasteiger partial charge in [0.2, 0.25) is 0 Å². The molecule has 8 aromatic carbocycles. The van der Waals surface area contributed by atoms with Gasteiger partial charge in [-0.2, -0.15) is 0 Å². The van der Waals surface area contributed by atoms with Crippen LogP contribution in [0.25, 0.3) is 44.5 Å². The van der Waals surface area contributed by atoms with Crippen molar-refractivity contribution >= 4 is 11.4 Å². The molecular weight excluding hydrogens is 743 g/mol. The summed E-state index contributed by atoms with van der Waals surface area (Å²) in [5.41, 5.74) is 16.4. The molecule has 61 heavy (non-hydrogen) atoms. The fourth-order valence-electron chi connectivity index (χ4n) is 9.77. The van der Waals surface area contributed by atoms with Gasteiger partial charge in [-0.1, -0.05) is 176 Å². The van der Waals surface area contributed by atoms with Crippen molar-refractivity contribution in [1.82, 2.24) is 0 Å². The summed E-state index contributed by atoms with van der Waals surface area (Å²) in [6.45, 7) is 2.79. The second kappa shape index (κ2) is 15.3. The zero-order valence-electron chi connectivity index (χ0n) is 34.1. The molecule has 0 aromatic heterocycles. The van der Waals surface area contributed by atoms with Crippen LogP contribution < -0.4 is 14.4 Å². The molecule has 2 unspecified atom stereocenters. The zero-order valence-corrected chi connectivity index (χ0v) is 34.1. The van der Waals surface area contributed by atoms with Crippen molar-refractivity contribution in [2.45, 2.75) is 24.9 Å². The van der Waals surface area contributed by atoms with Gasteiger partial charge in [0.25, 0.3) is 0 Å². The third kappa shape index (κ3) is 6.45. The number of rotatable bonds is 7. The number of hydrogen-bond donors (Lipinski definition) is 0. The minimum Gasteiger partial charge on any atom is -0.486 e. The average Bonchev–Trinajstić information content (AvgIpc) is 4.05. The van der Waals surface area contributed by atoms with E-state index < -0.39 is 5.41 Å². The van der Waals surface area contributed by atoms with Crippen LogP contribution in [-0.4, -0.2) is 12.7 Å². The maximum atomic E-state index is 7.19. The molecule has 11 rings (SSSR count). The molecule has 3 aliphatic rings. The quantitative estimate of drug-likeness (QED) is 0.161. The maximum Gasteiger partial charge on any atom is 0.162 e. The molecule has 294 valence electrons. The molecule has 0 amide bonds. The summed E-state index contributed by atoms with van der Waals surface area (Å²) in [6.07, 6.45) is 7.39. The lowest BCUT2D eigenvalue weighted by Gasteiger charge is -2.31. The highest BCUT2D eigenvalue weighted by atomic mass is 16.5. The number of nitrogens with zero attached hydrogens (tertiary/aromatic N) is 1. The minimum atomic E-state index is -0.430. The molecule has 1 saturated carbocycles. The number of allylic oxidation sites excluding steroid dienone is 2. The number of hydrogen-bond acceptors (Lipinski definition) is 3. The van der Waals surface area contributed by atoms with Crippen LogP contribution in [-0.2, 0) is 5.41 Å². The van der Waals surface area contributed by atoms with Crippen LogP contribution in [0.3, 0.4) is 0 Å². The van der Waals surface area contributed by atoms with E-state index in [0.717, 1.165) is 29.3 Å².